The Balaban J connectivity index is 2.00. The SMILES string of the molecule is OC[C@H]1O[C@H]2CCCO[C@@H]2CC[C@@H]1O. The van der Waals surface area contributed by atoms with Gasteiger partial charge < -0.3 is 19.7 Å². The molecule has 4 nitrogen and oxygen atoms in total. The van der Waals surface area contributed by atoms with Crippen LogP contribution in [0.5, 0.6) is 0 Å². The van der Waals surface area contributed by atoms with E-state index in [-0.39, 0.29) is 18.8 Å². The smallest absolute Gasteiger partial charge is 0.107 e. The van der Waals surface area contributed by atoms with Crippen LogP contribution in [0.4, 0.5) is 0 Å². The summed E-state index contributed by atoms with van der Waals surface area (Å²) in [5.41, 5.74) is 0. The predicted octanol–water partition coefficient (Wildman–Crippen LogP) is 0.0662. The number of rotatable bonds is 1. The van der Waals surface area contributed by atoms with Crippen LogP contribution in [0.25, 0.3) is 0 Å². The number of ether oxygens (including phenoxy) is 2. The Morgan fingerprint density at radius 2 is 2.00 bits per heavy atom. The van der Waals surface area contributed by atoms with E-state index in [1.807, 2.05) is 0 Å². The summed E-state index contributed by atoms with van der Waals surface area (Å²) in [5, 5.41) is 18.7. The molecule has 2 N–H and O–H groups in total. The van der Waals surface area contributed by atoms with E-state index in [9.17, 15) is 5.11 Å². The maximum Gasteiger partial charge on any atom is 0.107 e. The van der Waals surface area contributed by atoms with Crippen LogP contribution in [0.1, 0.15) is 25.7 Å². The molecule has 0 spiro atoms. The highest BCUT2D eigenvalue weighted by Crippen LogP contribution is 2.27. The van der Waals surface area contributed by atoms with Gasteiger partial charge in [-0.3, -0.25) is 0 Å². The van der Waals surface area contributed by atoms with Crippen LogP contribution in [0.3, 0.4) is 0 Å². The Morgan fingerprint density at radius 1 is 1.14 bits per heavy atom. The summed E-state index contributed by atoms with van der Waals surface area (Å²) < 4.78 is 11.2. The fourth-order valence-electron chi connectivity index (χ4n) is 2.24. The van der Waals surface area contributed by atoms with Crippen LogP contribution in [0, 0.1) is 0 Å². The molecule has 14 heavy (non-hydrogen) atoms. The summed E-state index contributed by atoms with van der Waals surface area (Å²) in [5.74, 6) is 0. The molecular weight excluding hydrogens is 184 g/mol. The molecule has 0 amide bonds. The molecule has 0 aromatic heterocycles. The van der Waals surface area contributed by atoms with Gasteiger partial charge in [-0.1, -0.05) is 0 Å². The standard InChI is InChI=1S/C10H18O4/c11-6-10-7(12)3-4-8-9(14-10)2-1-5-13-8/h7-12H,1-6H2/t7-,8+,9-,10+/m0/s1. The first-order chi connectivity index (χ1) is 6.81. The Bertz CT molecular complexity index is 185. The zero-order chi connectivity index (χ0) is 9.97. The summed E-state index contributed by atoms with van der Waals surface area (Å²) in [6.07, 6.45) is 2.70. The molecule has 4 heteroatoms. The van der Waals surface area contributed by atoms with Crippen LogP contribution in [0.2, 0.25) is 0 Å². The van der Waals surface area contributed by atoms with Crippen molar-refractivity contribution >= 4 is 0 Å². The van der Waals surface area contributed by atoms with E-state index in [4.69, 9.17) is 14.6 Å². The third-order valence-corrected chi connectivity index (χ3v) is 3.09. The average Bonchev–Trinajstić information content (AvgIpc) is 2.38. The molecule has 2 heterocycles. The Kier molecular flexibility index (Phi) is 3.38. The summed E-state index contributed by atoms with van der Waals surface area (Å²) in [4.78, 5) is 0. The quantitative estimate of drug-likeness (QED) is 0.631. The topological polar surface area (TPSA) is 58.9 Å². The van der Waals surface area contributed by atoms with Crippen molar-refractivity contribution in [2.45, 2.75) is 50.1 Å². The van der Waals surface area contributed by atoms with Crippen LogP contribution in [0.15, 0.2) is 0 Å². The highest BCUT2D eigenvalue weighted by molar-refractivity contribution is 4.84. The van der Waals surface area contributed by atoms with Crippen LogP contribution in [-0.2, 0) is 9.47 Å². The van der Waals surface area contributed by atoms with Crippen molar-refractivity contribution in [3.05, 3.63) is 0 Å². The second kappa shape index (κ2) is 4.57. The second-order valence-electron chi connectivity index (χ2n) is 4.09. The molecule has 0 aromatic carbocycles. The molecule has 0 aromatic rings. The summed E-state index contributed by atoms with van der Waals surface area (Å²) in [6.45, 7) is 0.689. The number of aliphatic hydroxyl groups excluding tert-OH is 2. The molecule has 0 bridgehead atoms. The zero-order valence-corrected chi connectivity index (χ0v) is 8.26. The van der Waals surface area contributed by atoms with Gasteiger partial charge in [-0.25, -0.2) is 0 Å². The lowest BCUT2D eigenvalue weighted by molar-refractivity contribution is -0.143. The first kappa shape index (κ1) is 10.4. The minimum atomic E-state index is -0.547. The van der Waals surface area contributed by atoms with E-state index in [0.717, 1.165) is 25.9 Å². The number of hydrogen-bond acceptors (Lipinski definition) is 4. The average molecular weight is 202 g/mol. The van der Waals surface area contributed by atoms with Gasteiger partial charge in [0.15, 0.2) is 0 Å². The highest BCUT2D eigenvalue weighted by atomic mass is 16.6. The molecular formula is C10H18O4. The number of hydrogen-bond donors (Lipinski definition) is 2. The van der Waals surface area contributed by atoms with Gasteiger partial charge in [0, 0.05) is 6.61 Å². The van der Waals surface area contributed by atoms with Gasteiger partial charge in [-0.2, -0.15) is 0 Å². The summed E-state index contributed by atoms with van der Waals surface area (Å²) in [7, 11) is 0. The van der Waals surface area contributed by atoms with Crippen molar-refractivity contribution in [3.63, 3.8) is 0 Å². The fourth-order valence-corrected chi connectivity index (χ4v) is 2.24. The maximum atomic E-state index is 9.66. The Morgan fingerprint density at radius 3 is 2.79 bits per heavy atom. The first-order valence-electron chi connectivity index (χ1n) is 5.37. The van der Waals surface area contributed by atoms with E-state index in [1.54, 1.807) is 0 Å². The minimum Gasteiger partial charge on any atom is -0.394 e. The van der Waals surface area contributed by atoms with Crippen LogP contribution >= 0.6 is 0 Å². The minimum absolute atomic E-state index is 0.0676. The molecule has 2 aliphatic heterocycles. The normalized spacial score (nSPS) is 44.1. The van der Waals surface area contributed by atoms with Gasteiger partial charge in [0.2, 0.25) is 0 Å². The lowest BCUT2D eigenvalue weighted by Gasteiger charge is -2.31. The van der Waals surface area contributed by atoms with Gasteiger partial charge in [0.25, 0.3) is 0 Å². The van der Waals surface area contributed by atoms with E-state index in [1.165, 1.54) is 0 Å². The monoisotopic (exact) mass is 202 g/mol. The molecule has 0 radical (unpaired) electrons. The molecule has 82 valence electrons. The molecule has 0 saturated carbocycles. The van der Waals surface area contributed by atoms with Crippen LogP contribution < -0.4 is 0 Å². The molecule has 2 aliphatic rings. The number of fused-ring (bicyclic) bond motifs is 1. The Labute approximate surface area is 83.8 Å². The van der Waals surface area contributed by atoms with Crippen LogP contribution in [-0.4, -0.2) is 47.8 Å². The van der Waals surface area contributed by atoms with Crippen molar-refractivity contribution in [3.8, 4) is 0 Å². The van der Waals surface area contributed by atoms with Crippen molar-refractivity contribution in [2.75, 3.05) is 13.2 Å². The molecule has 2 saturated heterocycles. The lowest BCUT2D eigenvalue weighted by atomic mass is 10.0. The molecule has 2 fully saturated rings. The van der Waals surface area contributed by atoms with Gasteiger partial charge in [-0.05, 0) is 25.7 Å². The van der Waals surface area contributed by atoms with E-state index < -0.39 is 12.2 Å². The first-order valence-corrected chi connectivity index (χ1v) is 5.37. The third-order valence-electron chi connectivity index (χ3n) is 3.09. The van der Waals surface area contributed by atoms with E-state index >= 15 is 0 Å². The van der Waals surface area contributed by atoms with Crippen molar-refractivity contribution < 1.29 is 19.7 Å². The van der Waals surface area contributed by atoms with Gasteiger partial charge in [0.1, 0.15) is 6.10 Å². The van der Waals surface area contributed by atoms with Gasteiger partial charge in [-0.15, -0.1) is 0 Å². The van der Waals surface area contributed by atoms with Crippen molar-refractivity contribution in [1.82, 2.24) is 0 Å². The lowest BCUT2D eigenvalue weighted by Crippen LogP contribution is -2.39. The fraction of sp³-hybridized carbons (Fsp3) is 1.00. The molecule has 0 aliphatic carbocycles. The molecule has 0 unspecified atom stereocenters. The van der Waals surface area contributed by atoms with Crippen molar-refractivity contribution in [2.24, 2.45) is 0 Å². The largest absolute Gasteiger partial charge is 0.394 e. The van der Waals surface area contributed by atoms with Gasteiger partial charge in [0.05, 0.1) is 24.9 Å². The predicted molar refractivity (Wildman–Crippen MR) is 50.0 cm³/mol. The second-order valence-corrected chi connectivity index (χ2v) is 4.09. The summed E-state index contributed by atoms with van der Waals surface area (Å²) >= 11 is 0. The third kappa shape index (κ3) is 2.08. The highest BCUT2D eigenvalue weighted by Gasteiger charge is 2.35. The molecule has 2 rings (SSSR count). The zero-order valence-electron chi connectivity index (χ0n) is 8.26. The molecule has 4 atom stereocenters. The van der Waals surface area contributed by atoms with E-state index in [0.29, 0.717) is 6.42 Å². The van der Waals surface area contributed by atoms with Crippen molar-refractivity contribution in [1.29, 1.82) is 0 Å². The maximum absolute atomic E-state index is 9.66. The summed E-state index contributed by atoms with van der Waals surface area (Å²) in [6, 6.07) is 0. The van der Waals surface area contributed by atoms with E-state index in [2.05, 4.69) is 0 Å². The van der Waals surface area contributed by atoms with Gasteiger partial charge >= 0.3 is 0 Å². The Hall–Kier alpha value is -0.160. The number of aliphatic hydroxyl groups is 2.